The molecular formula is C9H9Cl3O4S. The molecule has 17 heavy (non-hydrogen) atoms. The molecule has 0 aliphatic heterocycles. The molecule has 0 unspecified atom stereocenters. The van der Waals surface area contributed by atoms with Crippen LogP contribution in [0.15, 0.2) is 17.0 Å². The van der Waals surface area contributed by atoms with Crippen molar-refractivity contribution in [2.75, 3.05) is 20.3 Å². The summed E-state index contributed by atoms with van der Waals surface area (Å²) >= 11 is 11.7. The smallest absolute Gasteiger partial charge is 0.261 e. The van der Waals surface area contributed by atoms with Crippen molar-refractivity contribution in [3.8, 4) is 5.75 Å². The number of halogens is 3. The van der Waals surface area contributed by atoms with Gasteiger partial charge in [-0.05, 0) is 12.1 Å². The van der Waals surface area contributed by atoms with E-state index >= 15 is 0 Å². The van der Waals surface area contributed by atoms with Crippen LogP contribution in [0, 0.1) is 0 Å². The molecule has 96 valence electrons. The van der Waals surface area contributed by atoms with Crippen LogP contribution in [0.1, 0.15) is 0 Å². The fourth-order valence-electron chi connectivity index (χ4n) is 1.04. The fourth-order valence-corrected chi connectivity index (χ4v) is 2.55. The lowest BCUT2D eigenvalue weighted by Gasteiger charge is -2.10. The Hall–Kier alpha value is -0.200. The van der Waals surface area contributed by atoms with Gasteiger partial charge in [-0.3, -0.25) is 0 Å². The molecule has 0 heterocycles. The monoisotopic (exact) mass is 318 g/mol. The zero-order valence-electron chi connectivity index (χ0n) is 8.74. The molecule has 8 heteroatoms. The minimum absolute atomic E-state index is 0.0767. The maximum absolute atomic E-state index is 11.1. The molecule has 4 nitrogen and oxygen atoms in total. The van der Waals surface area contributed by atoms with Crippen molar-refractivity contribution in [1.29, 1.82) is 0 Å². The third-order valence-corrected chi connectivity index (χ3v) is 3.68. The van der Waals surface area contributed by atoms with Crippen LogP contribution in [0.2, 0.25) is 10.0 Å². The van der Waals surface area contributed by atoms with E-state index < -0.39 is 9.05 Å². The predicted molar refractivity (Wildman–Crippen MR) is 66.9 cm³/mol. The van der Waals surface area contributed by atoms with Crippen LogP contribution >= 0.6 is 33.9 Å². The van der Waals surface area contributed by atoms with Gasteiger partial charge in [0.15, 0.2) is 5.75 Å². The highest BCUT2D eigenvalue weighted by molar-refractivity contribution is 8.13. The van der Waals surface area contributed by atoms with Crippen LogP contribution in [0.25, 0.3) is 0 Å². The van der Waals surface area contributed by atoms with Gasteiger partial charge in [-0.15, -0.1) is 0 Å². The first-order chi connectivity index (χ1) is 7.86. The number of hydrogen-bond acceptors (Lipinski definition) is 4. The van der Waals surface area contributed by atoms with Gasteiger partial charge < -0.3 is 9.47 Å². The molecule has 0 N–H and O–H groups in total. The van der Waals surface area contributed by atoms with Crippen LogP contribution in [0.5, 0.6) is 5.75 Å². The van der Waals surface area contributed by atoms with Crippen molar-refractivity contribution >= 4 is 42.9 Å². The molecule has 1 aromatic rings. The van der Waals surface area contributed by atoms with E-state index in [2.05, 4.69) is 0 Å². The SMILES string of the molecule is COCCOc1c(Cl)cc(S(=O)(=O)Cl)cc1Cl. The second-order valence-corrected chi connectivity index (χ2v) is 6.38. The minimum atomic E-state index is -3.87. The third kappa shape index (κ3) is 4.19. The summed E-state index contributed by atoms with van der Waals surface area (Å²) in [7, 11) is 2.83. The van der Waals surface area contributed by atoms with E-state index in [0.29, 0.717) is 6.61 Å². The van der Waals surface area contributed by atoms with E-state index in [4.69, 9.17) is 43.4 Å². The first-order valence-corrected chi connectivity index (χ1v) is 7.48. The normalized spacial score (nSPS) is 11.5. The second kappa shape index (κ2) is 6.11. The Morgan fingerprint density at radius 3 is 2.12 bits per heavy atom. The first kappa shape index (κ1) is 14.9. The molecule has 0 atom stereocenters. The summed E-state index contributed by atoms with van der Waals surface area (Å²) in [6.45, 7) is 0.616. The van der Waals surface area contributed by atoms with Gasteiger partial charge >= 0.3 is 0 Å². The maximum atomic E-state index is 11.1. The lowest BCUT2D eigenvalue weighted by molar-refractivity contribution is 0.146. The molecule has 0 aliphatic rings. The molecular weight excluding hydrogens is 311 g/mol. The zero-order valence-corrected chi connectivity index (χ0v) is 11.8. The third-order valence-electron chi connectivity index (χ3n) is 1.79. The molecule has 0 bridgehead atoms. The van der Waals surface area contributed by atoms with Gasteiger partial charge in [-0.2, -0.15) is 0 Å². The van der Waals surface area contributed by atoms with E-state index in [9.17, 15) is 8.42 Å². The van der Waals surface area contributed by atoms with Crippen LogP contribution in [0.4, 0.5) is 0 Å². The summed E-state index contributed by atoms with van der Waals surface area (Å²) in [6.07, 6.45) is 0. The number of ether oxygens (including phenoxy) is 2. The largest absolute Gasteiger partial charge is 0.488 e. The topological polar surface area (TPSA) is 52.6 Å². The maximum Gasteiger partial charge on any atom is 0.261 e. The predicted octanol–water partition coefficient (Wildman–Crippen LogP) is 2.95. The number of methoxy groups -OCH3 is 1. The molecule has 0 spiro atoms. The summed E-state index contributed by atoms with van der Waals surface area (Å²) in [6, 6.07) is 2.36. The Kier molecular flexibility index (Phi) is 5.34. The first-order valence-electron chi connectivity index (χ1n) is 4.41. The van der Waals surface area contributed by atoms with Gasteiger partial charge in [-0.1, -0.05) is 23.2 Å². The van der Waals surface area contributed by atoms with E-state index in [1.54, 1.807) is 0 Å². The van der Waals surface area contributed by atoms with Gasteiger partial charge in [0, 0.05) is 17.8 Å². The molecule has 0 fully saturated rings. The van der Waals surface area contributed by atoms with E-state index in [-0.39, 0.29) is 27.3 Å². The molecule has 0 amide bonds. The van der Waals surface area contributed by atoms with E-state index in [1.165, 1.54) is 19.2 Å². The Bertz CT molecular complexity index is 478. The van der Waals surface area contributed by atoms with Gasteiger partial charge in [0.05, 0.1) is 21.5 Å². The van der Waals surface area contributed by atoms with Crippen LogP contribution in [0.3, 0.4) is 0 Å². The molecule has 0 saturated carbocycles. The van der Waals surface area contributed by atoms with Gasteiger partial charge in [0.1, 0.15) is 6.61 Å². The van der Waals surface area contributed by atoms with Crippen molar-refractivity contribution in [3.63, 3.8) is 0 Å². The minimum Gasteiger partial charge on any atom is -0.488 e. The van der Waals surface area contributed by atoms with Crippen LogP contribution in [-0.2, 0) is 13.8 Å². The van der Waals surface area contributed by atoms with Gasteiger partial charge in [0.2, 0.25) is 0 Å². The zero-order chi connectivity index (χ0) is 13.1. The second-order valence-electron chi connectivity index (χ2n) is 3.00. The van der Waals surface area contributed by atoms with E-state index in [0.717, 1.165) is 0 Å². The molecule has 1 aromatic carbocycles. The van der Waals surface area contributed by atoms with Crippen molar-refractivity contribution < 1.29 is 17.9 Å². The highest BCUT2D eigenvalue weighted by Crippen LogP contribution is 2.36. The highest BCUT2D eigenvalue weighted by atomic mass is 35.7. The average Bonchev–Trinajstić information content (AvgIpc) is 2.20. The molecule has 1 rings (SSSR count). The number of hydrogen-bond donors (Lipinski definition) is 0. The molecule has 0 radical (unpaired) electrons. The molecule has 0 aromatic heterocycles. The standard InChI is InChI=1S/C9H9Cl3O4S/c1-15-2-3-16-9-7(10)4-6(5-8(9)11)17(12,13)14/h4-5H,2-3H2,1H3. The molecule has 0 aliphatic carbocycles. The summed E-state index contributed by atoms with van der Waals surface area (Å²) in [5, 5.41) is 0.153. The van der Waals surface area contributed by atoms with Crippen LogP contribution in [-0.4, -0.2) is 28.7 Å². The van der Waals surface area contributed by atoms with Crippen molar-refractivity contribution in [1.82, 2.24) is 0 Å². The van der Waals surface area contributed by atoms with Crippen molar-refractivity contribution in [2.45, 2.75) is 4.90 Å². The number of rotatable bonds is 5. The Balaban J connectivity index is 3.03. The Labute approximate surface area is 114 Å². The van der Waals surface area contributed by atoms with Crippen molar-refractivity contribution in [2.24, 2.45) is 0 Å². The van der Waals surface area contributed by atoms with Crippen LogP contribution < -0.4 is 4.74 Å². The van der Waals surface area contributed by atoms with Crippen molar-refractivity contribution in [3.05, 3.63) is 22.2 Å². The molecule has 0 saturated heterocycles. The van der Waals surface area contributed by atoms with Gasteiger partial charge in [0.25, 0.3) is 9.05 Å². The summed E-state index contributed by atoms with van der Waals surface area (Å²) < 4.78 is 32.2. The van der Waals surface area contributed by atoms with Gasteiger partial charge in [-0.25, -0.2) is 8.42 Å². The summed E-state index contributed by atoms with van der Waals surface area (Å²) in [4.78, 5) is -0.173. The average molecular weight is 320 g/mol. The number of benzene rings is 1. The Morgan fingerprint density at radius 1 is 1.18 bits per heavy atom. The summed E-state index contributed by atoms with van der Waals surface area (Å²) in [5.74, 6) is 0.203. The lowest BCUT2D eigenvalue weighted by atomic mass is 10.3. The highest BCUT2D eigenvalue weighted by Gasteiger charge is 2.16. The summed E-state index contributed by atoms with van der Waals surface area (Å²) in [5.41, 5.74) is 0. The fraction of sp³-hybridized carbons (Fsp3) is 0.333. The van der Waals surface area contributed by atoms with E-state index in [1.807, 2.05) is 0 Å². The Morgan fingerprint density at radius 2 is 1.71 bits per heavy atom. The lowest BCUT2D eigenvalue weighted by Crippen LogP contribution is -2.05. The quantitative estimate of drug-likeness (QED) is 0.618.